The molecule has 1 aromatic carbocycles. The van der Waals surface area contributed by atoms with Crippen molar-refractivity contribution in [1.29, 1.82) is 0 Å². The summed E-state index contributed by atoms with van der Waals surface area (Å²) >= 11 is 0. The first-order chi connectivity index (χ1) is 3.79. The van der Waals surface area contributed by atoms with Gasteiger partial charge in [-0.05, 0) is 19.1 Å². The van der Waals surface area contributed by atoms with Gasteiger partial charge >= 0.3 is 0 Å². The summed E-state index contributed by atoms with van der Waals surface area (Å²) in [5, 5.41) is 0. The number of nitrogens with two attached hydrogens (primary N) is 1. The molecule has 0 bridgehead atoms. The van der Waals surface area contributed by atoms with E-state index in [1.165, 1.54) is 5.56 Å². The maximum absolute atomic E-state index is 5.43. The second-order valence-electron chi connectivity index (χ2n) is 1.91. The van der Waals surface area contributed by atoms with Gasteiger partial charge in [-0.3, -0.25) is 9.41 Å². The third-order valence-electron chi connectivity index (χ3n) is 1.08. The molecule has 0 radical (unpaired) electrons. The molecule has 10 heavy (non-hydrogen) atoms. The van der Waals surface area contributed by atoms with Crippen LogP contribution in [0, 0.1) is 6.92 Å². The molecule has 0 spiro atoms. The van der Waals surface area contributed by atoms with Gasteiger partial charge in [-0.1, -0.05) is 17.7 Å². The van der Waals surface area contributed by atoms with Gasteiger partial charge in [-0.25, -0.2) is 0 Å². The summed E-state index contributed by atoms with van der Waals surface area (Å²) in [4.78, 5) is 0. The Morgan fingerprint density at radius 1 is 1.00 bits per heavy atom. The summed E-state index contributed by atoms with van der Waals surface area (Å²) in [6, 6.07) is 7.79. The number of hydrogen-bond acceptors (Lipinski definition) is 1. The van der Waals surface area contributed by atoms with Crippen molar-refractivity contribution >= 4 is 5.69 Å². The van der Waals surface area contributed by atoms with E-state index in [2.05, 4.69) is 0 Å². The lowest BCUT2D eigenvalue weighted by molar-refractivity contribution is 1.11. The van der Waals surface area contributed by atoms with Crippen molar-refractivity contribution < 1.29 is 9.41 Å². The number of nitrogen functional groups attached to an aromatic ring is 1. The lowest BCUT2D eigenvalue weighted by Crippen LogP contribution is -1.81. The van der Waals surface area contributed by atoms with Gasteiger partial charge in [0, 0.05) is 5.69 Å². The second-order valence-corrected chi connectivity index (χ2v) is 1.91. The van der Waals surface area contributed by atoms with E-state index in [9.17, 15) is 0 Å². The van der Waals surface area contributed by atoms with E-state index in [1.54, 1.807) is 0 Å². The van der Waals surface area contributed by atoms with Gasteiger partial charge in [-0.2, -0.15) is 0 Å². The lowest BCUT2D eigenvalue weighted by Gasteiger charge is -1.90. The van der Waals surface area contributed by atoms with Crippen LogP contribution in [0.2, 0.25) is 0 Å². The molecule has 0 atom stereocenters. The van der Waals surface area contributed by atoms with E-state index in [4.69, 9.17) is 5.73 Å². The minimum Gasteiger partial charge on any atom is -0.399 e. The van der Waals surface area contributed by atoms with Crippen molar-refractivity contribution in [1.82, 2.24) is 0 Å². The monoisotopic (exact) mass is 147 g/mol. The molecule has 0 aliphatic carbocycles. The summed E-state index contributed by atoms with van der Waals surface area (Å²) in [6.45, 7) is 2.04. The van der Waals surface area contributed by atoms with Crippen LogP contribution in [0.1, 0.15) is 5.56 Å². The average Bonchev–Trinajstić information content (AvgIpc) is 1.77. The van der Waals surface area contributed by atoms with Crippen LogP contribution in [-0.2, 0) is 0 Å². The van der Waals surface area contributed by atoms with Crippen LogP contribution in [0.5, 0.6) is 0 Å². The summed E-state index contributed by atoms with van der Waals surface area (Å²) < 4.78 is 0. The first kappa shape index (κ1) is 11.6. The lowest BCUT2D eigenvalue weighted by atomic mass is 10.2. The standard InChI is InChI=1S/C7H9N.2FH/c1-6-2-4-7(8)5-3-6;;/h2-5H,8H2,1H3;2*1H. The number of rotatable bonds is 0. The molecule has 0 fully saturated rings. The Labute approximate surface area is 58.6 Å². The molecule has 0 heterocycles. The van der Waals surface area contributed by atoms with Crippen molar-refractivity contribution in [3.05, 3.63) is 29.8 Å². The summed E-state index contributed by atoms with van der Waals surface area (Å²) in [7, 11) is 0. The zero-order chi connectivity index (χ0) is 5.98. The van der Waals surface area contributed by atoms with Gasteiger partial charge in [0.15, 0.2) is 0 Å². The Hall–Kier alpha value is -1.12. The van der Waals surface area contributed by atoms with E-state index < -0.39 is 0 Å². The quantitative estimate of drug-likeness (QED) is 0.557. The molecular formula is C7H11F2N. The van der Waals surface area contributed by atoms with Gasteiger partial charge in [0.05, 0.1) is 0 Å². The first-order valence-corrected chi connectivity index (χ1v) is 2.61. The van der Waals surface area contributed by atoms with E-state index in [0.717, 1.165) is 5.69 Å². The zero-order valence-electron chi connectivity index (χ0n) is 5.70. The van der Waals surface area contributed by atoms with Crippen molar-refractivity contribution in [3.63, 3.8) is 0 Å². The van der Waals surface area contributed by atoms with Crippen molar-refractivity contribution in [3.8, 4) is 0 Å². The largest absolute Gasteiger partial charge is 0.399 e. The smallest absolute Gasteiger partial charge is 0.0314 e. The fraction of sp³-hybridized carbons (Fsp3) is 0.143. The van der Waals surface area contributed by atoms with Crippen LogP contribution in [0.15, 0.2) is 24.3 Å². The second kappa shape index (κ2) is 4.73. The Balaban J connectivity index is 0. The first-order valence-electron chi connectivity index (χ1n) is 2.61. The number of hydrogen-bond donors (Lipinski definition) is 1. The third-order valence-corrected chi connectivity index (χ3v) is 1.08. The van der Waals surface area contributed by atoms with Crippen molar-refractivity contribution in [2.24, 2.45) is 0 Å². The molecule has 1 aromatic rings. The fourth-order valence-electron chi connectivity index (χ4n) is 0.566. The van der Waals surface area contributed by atoms with Gasteiger partial charge in [0.2, 0.25) is 0 Å². The zero-order valence-corrected chi connectivity index (χ0v) is 5.70. The van der Waals surface area contributed by atoms with Gasteiger partial charge in [0.25, 0.3) is 0 Å². The topological polar surface area (TPSA) is 26.0 Å². The van der Waals surface area contributed by atoms with Crippen LogP contribution in [-0.4, -0.2) is 0 Å². The minimum absolute atomic E-state index is 0. The van der Waals surface area contributed by atoms with Crippen LogP contribution in [0.25, 0.3) is 0 Å². The van der Waals surface area contributed by atoms with Crippen LogP contribution < -0.4 is 5.73 Å². The number of aryl methyl sites for hydroxylation is 1. The Morgan fingerprint density at radius 3 is 1.70 bits per heavy atom. The molecule has 0 saturated carbocycles. The molecule has 58 valence electrons. The molecule has 1 rings (SSSR count). The van der Waals surface area contributed by atoms with E-state index in [0.29, 0.717) is 0 Å². The highest BCUT2D eigenvalue weighted by molar-refractivity contribution is 5.38. The maximum Gasteiger partial charge on any atom is 0.0314 e. The maximum atomic E-state index is 5.43. The van der Waals surface area contributed by atoms with Crippen LogP contribution in [0.3, 0.4) is 0 Å². The highest BCUT2D eigenvalue weighted by Crippen LogP contribution is 2.02. The van der Waals surface area contributed by atoms with E-state index in [-0.39, 0.29) is 9.41 Å². The molecular weight excluding hydrogens is 136 g/mol. The third kappa shape index (κ3) is 3.02. The van der Waals surface area contributed by atoms with Crippen molar-refractivity contribution in [2.75, 3.05) is 5.73 Å². The minimum atomic E-state index is 0. The highest BCUT2D eigenvalue weighted by atomic mass is 19.0. The molecule has 0 amide bonds. The Morgan fingerprint density at radius 2 is 1.40 bits per heavy atom. The van der Waals surface area contributed by atoms with Gasteiger partial charge < -0.3 is 5.73 Å². The molecule has 1 nitrogen and oxygen atoms in total. The van der Waals surface area contributed by atoms with Gasteiger partial charge in [0.1, 0.15) is 0 Å². The number of benzene rings is 1. The predicted molar refractivity (Wildman–Crippen MR) is 40.6 cm³/mol. The molecule has 0 unspecified atom stereocenters. The van der Waals surface area contributed by atoms with E-state index >= 15 is 0 Å². The number of halogens is 2. The molecule has 0 aliphatic rings. The number of anilines is 1. The Kier molecular flexibility index (Phi) is 5.51. The van der Waals surface area contributed by atoms with Crippen LogP contribution >= 0.6 is 0 Å². The summed E-state index contributed by atoms with van der Waals surface area (Å²) in [6.07, 6.45) is 0. The SMILES string of the molecule is Cc1ccc(N)cc1.F.F. The van der Waals surface area contributed by atoms with E-state index in [1.807, 2.05) is 31.2 Å². The Bertz CT molecular complexity index is 150. The van der Waals surface area contributed by atoms with Crippen molar-refractivity contribution in [2.45, 2.75) is 6.92 Å². The van der Waals surface area contributed by atoms with Gasteiger partial charge in [-0.15, -0.1) is 0 Å². The predicted octanol–water partition coefficient (Wildman–Crippen LogP) is 1.88. The molecule has 0 aromatic heterocycles. The summed E-state index contributed by atoms with van der Waals surface area (Å²) in [5.41, 5.74) is 7.51. The molecule has 0 aliphatic heterocycles. The fourth-order valence-corrected chi connectivity index (χ4v) is 0.566. The molecule has 2 N–H and O–H groups in total. The average molecular weight is 147 g/mol. The van der Waals surface area contributed by atoms with Crippen LogP contribution in [0.4, 0.5) is 15.1 Å². The molecule has 0 saturated heterocycles. The highest BCUT2D eigenvalue weighted by Gasteiger charge is 1.80. The normalized spacial score (nSPS) is 7.30. The molecule has 3 heteroatoms. The summed E-state index contributed by atoms with van der Waals surface area (Å²) in [5.74, 6) is 0.